The largest absolute Gasteiger partial charge is 0.493 e. The van der Waals surface area contributed by atoms with E-state index in [2.05, 4.69) is 15.6 Å². The van der Waals surface area contributed by atoms with Gasteiger partial charge in [-0.25, -0.2) is 4.98 Å². The van der Waals surface area contributed by atoms with Gasteiger partial charge >= 0.3 is 0 Å². The fraction of sp³-hybridized carbons (Fsp3) is 0.476. The molecule has 1 aromatic carbocycles. The number of rotatable bonds is 9. The highest BCUT2D eigenvalue weighted by Crippen LogP contribution is 2.33. The molecule has 0 aliphatic carbocycles. The van der Waals surface area contributed by atoms with Gasteiger partial charge in [0.1, 0.15) is 6.04 Å². The number of anilines is 1. The molecule has 158 valence electrons. The Morgan fingerprint density at radius 2 is 1.79 bits per heavy atom. The standard InChI is InChI=1S/C21H29N3O4S/c1-12(2)9-18(25)23-19(13(3)4)20(26)24-21-22-15(11-29-21)14-7-8-16(27-5)17(10-14)28-6/h7-8,10-13,19H,9H2,1-6H3,(H,23,25)(H,22,24,26). The smallest absolute Gasteiger partial charge is 0.248 e. The van der Waals surface area contributed by atoms with Gasteiger partial charge in [0, 0.05) is 17.4 Å². The van der Waals surface area contributed by atoms with E-state index in [1.54, 1.807) is 14.2 Å². The third-order valence-corrected chi connectivity index (χ3v) is 5.03. The molecule has 1 aromatic heterocycles. The number of nitrogens with zero attached hydrogens (tertiary/aromatic N) is 1. The summed E-state index contributed by atoms with van der Waals surface area (Å²) in [7, 11) is 3.16. The van der Waals surface area contributed by atoms with Crippen LogP contribution in [0, 0.1) is 11.8 Å². The molecule has 0 bridgehead atoms. The van der Waals surface area contributed by atoms with Crippen LogP contribution in [0.25, 0.3) is 11.3 Å². The summed E-state index contributed by atoms with van der Waals surface area (Å²) in [5.41, 5.74) is 1.57. The average molecular weight is 420 g/mol. The monoisotopic (exact) mass is 419 g/mol. The molecule has 2 amide bonds. The SMILES string of the molecule is COc1ccc(-c2csc(NC(=O)C(NC(=O)CC(C)C)C(C)C)n2)cc1OC. The number of aromatic nitrogens is 1. The number of ether oxygens (including phenoxy) is 2. The van der Waals surface area contributed by atoms with E-state index < -0.39 is 6.04 Å². The van der Waals surface area contributed by atoms with E-state index in [1.807, 2.05) is 51.3 Å². The van der Waals surface area contributed by atoms with Crippen molar-refractivity contribution in [1.29, 1.82) is 0 Å². The van der Waals surface area contributed by atoms with Crippen molar-refractivity contribution in [2.24, 2.45) is 11.8 Å². The second-order valence-electron chi connectivity index (χ2n) is 7.48. The van der Waals surface area contributed by atoms with E-state index in [0.717, 1.165) is 11.3 Å². The lowest BCUT2D eigenvalue weighted by molar-refractivity contribution is -0.127. The van der Waals surface area contributed by atoms with Crippen molar-refractivity contribution in [2.75, 3.05) is 19.5 Å². The second-order valence-corrected chi connectivity index (χ2v) is 8.34. The molecule has 1 atom stereocenters. The van der Waals surface area contributed by atoms with E-state index in [9.17, 15) is 9.59 Å². The topological polar surface area (TPSA) is 89.6 Å². The van der Waals surface area contributed by atoms with Crippen LogP contribution in [0.4, 0.5) is 5.13 Å². The molecule has 2 aromatic rings. The highest BCUT2D eigenvalue weighted by Gasteiger charge is 2.25. The zero-order valence-electron chi connectivity index (χ0n) is 17.7. The van der Waals surface area contributed by atoms with Crippen LogP contribution in [0.3, 0.4) is 0 Å². The summed E-state index contributed by atoms with van der Waals surface area (Å²) < 4.78 is 10.6. The van der Waals surface area contributed by atoms with Crippen molar-refractivity contribution in [3.63, 3.8) is 0 Å². The van der Waals surface area contributed by atoms with Crippen LogP contribution in [0.5, 0.6) is 11.5 Å². The van der Waals surface area contributed by atoms with Gasteiger partial charge in [0.25, 0.3) is 0 Å². The zero-order chi connectivity index (χ0) is 21.6. The van der Waals surface area contributed by atoms with Gasteiger partial charge in [-0.2, -0.15) is 0 Å². The minimum atomic E-state index is -0.616. The molecule has 0 saturated heterocycles. The molecule has 1 unspecified atom stereocenters. The molecular weight excluding hydrogens is 390 g/mol. The summed E-state index contributed by atoms with van der Waals surface area (Å²) in [6.07, 6.45) is 0.386. The van der Waals surface area contributed by atoms with Crippen molar-refractivity contribution in [2.45, 2.75) is 40.2 Å². The summed E-state index contributed by atoms with van der Waals surface area (Å²) >= 11 is 1.33. The van der Waals surface area contributed by atoms with E-state index in [1.165, 1.54) is 11.3 Å². The molecular formula is C21H29N3O4S. The Morgan fingerprint density at radius 3 is 2.38 bits per heavy atom. The Bertz CT molecular complexity index is 848. The molecule has 2 N–H and O–H groups in total. The van der Waals surface area contributed by atoms with Crippen molar-refractivity contribution in [3.8, 4) is 22.8 Å². The third-order valence-electron chi connectivity index (χ3n) is 4.27. The average Bonchev–Trinajstić information content (AvgIpc) is 3.13. The fourth-order valence-electron chi connectivity index (χ4n) is 2.78. The van der Waals surface area contributed by atoms with Crippen LogP contribution in [0.1, 0.15) is 34.1 Å². The number of nitrogens with one attached hydrogen (secondary N) is 2. The summed E-state index contributed by atoms with van der Waals surface area (Å²) in [4.78, 5) is 29.3. The first kappa shape index (κ1) is 22.7. The zero-order valence-corrected chi connectivity index (χ0v) is 18.6. The highest BCUT2D eigenvalue weighted by molar-refractivity contribution is 7.14. The molecule has 0 spiro atoms. The molecule has 1 heterocycles. The first-order valence-corrected chi connectivity index (χ1v) is 10.4. The Hall–Kier alpha value is -2.61. The molecule has 29 heavy (non-hydrogen) atoms. The normalized spacial score (nSPS) is 12.0. The lowest BCUT2D eigenvalue weighted by atomic mass is 10.0. The molecule has 0 fully saturated rings. The molecule has 0 aliphatic heterocycles. The van der Waals surface area contributed by atoms with Crippen LogP contribution >= 0.6 is 11.3 Å². The molecule has 8 heteroatoms. The summed E-state index contributed by atoms with van der Waals surface area (Å²) in [6.45, 7) is 7.73. The maximum Gasteiger partial charge on any atom is 0.248 e. The maximum absolute atomic E-state index is 12.7. The number of carbonyl (C=O) groups excluding carboxylic acids is 2. The Kier molecular flexibility index (Phi) is 8.01. The minimum absolute atomic E-state index is 0.0450. The molecule has 0 aliphatic rings. The molecule has 7 nitrogen and oxygen atoms in total. The third kappa shape index (κ3) is 6.19. The van der Waals surface area contributed by atoms with Crippen molar-refractivity contribution in [3.05, 3.63) is 23.6 Å². The Balaban J connectivity index is 2.11. The number of hydrogen-bond donors (Lipinski definition) is 2. The second kappa shape index (κ2) is 10.2. The van der Waals surface area contributed by atoms with Crippen LogP contribution in [-0.2, 0) is 9.59 Å². The number of benzene rings is 1. The van der Waals surface area contributed by atoms with Gasteiger partial charge in [-0.05, 0) is 30.0 Å². The van der Waals surface area contributed by atoms with Gasteiger partial charge in [0.2, 0.25) is 11.8 Å². The lowest BCUT2D eigenvalue weighted by Gasteiger charge is -2.21. The number of thiazole rings is 1. The minimum Gasteiger partial charge on any atom is -0.493 e. The molecule has 2 rings (SSSR count). The highest BCUT2D eigenvalue weighted by atomic mass is 32.1. The summed E-state index contributed by atoms with van der Waals surface area (Å²) in [5.74, 6) is 1.03. The first-order valence-electron chi connectivity index (χ1n) is 9.53. The van der Waals surface area contributed by atoms with Crippen LogP contribution in [-0.4, -0.2) is 37.1 Å². The van der Waals surface area contributed by atoms with Crippen LogP contribution in [0.2, 0.25) is 0 Å². The van der Waals surface area contributed by atoms with Gasteiger partial charge in [0.15, 0.2) is 16.6 Å². The quantitative estimate of drug-likeness (QED) is 0.642. The fourth-order valence-corrected chi connectivity index (χ4v) is 3.50. The van der Waals surface area contributed by atoms with Gasteiger partial charge in [-0.3, -0.25) is 9.59 Å². The van der Waals surface area contributed by atoms with Crippen LogP contribution < -0.4 is 20.1 Å². The van der Waals surface area contributed by atoms with Gasteiger partial charge in [-0.1, -0.05) is 27.7 Å². The van der Waals surface area contributed by atoms with Gasteiger partial charge in [0.05, 0.1) is 19.9 Å². The summed E-state index contributed by atoms with van der Waals surface area (Å²) in [5, 5.41) is 7.99. The number of hydrogen-bond acceptors (Lipinski definition) is 6. The van der Waals surface area contributed by atoms with E-state index in [0.29, 0.717) is 23.1 Å². The predicted molar refractivity (Wildman–Crippen MR) is 116 cm³/mol. The van der Waals surface area contributed by atoms with Gasteiger partial charge in [-0.15, -0.1) is 11.3 Å². The van der Waals surface area contributed by atoms with E-state index in [4.69, 9.17) is 9.47 Å². The maximum atomic E-state index is 12.7. The first-order chi connectivity index (χ1) is 13.7. The predicted octanol–water partition coefficient (Wildman–Crippen LogP) is 3.95. The van der Waals surface area contributed by atoms with Crippen molar-refractivity contribution < 1.29 is 19.1 Å². The number of carbonyl (C=O) groups is 2. The van der Waals surface area contributed by atoms with E-state index >= 15 is 0 Å². The molecule has 0 saturated carbocycles. The Morgan fingerprint density at radius 1 is 1.10 bits per heavy atom. The lowest BCUT2D eigenvalue weighted by Crippen LogP contribution is -2.47. The van der Waals surface area contributed by atoms with Crippen molar-refractivity contribution in [1.82, 2.24) is 10.3 Å². The number of amides is 2. The number of methoxy groups -OCH3 is 2. The summed E-state index contributed by atoms with van der Waals surface area (Å²) in [6, 6.07) is 4.91. The van der Waals surface area contributed by atoms with Crippen LogP contribution in [0.15, 0.2) is 23.6 Å². The molecule has 0 radical (unpaired) electrons. The van der Waals surface area contributed by atoms with E-state index in [-0.39, 0.29) is 23.7 Å². The van der Waals surface area contributed by atoms with Crippen molar-refractivity contribution >= 4 is 28.3 Å². The Labute approximate surface area is 175 Å². The van der Waals surface area contributed by atoms with Gasteiger partial charge < -0.3 is 20.1 Å².